The summed E-state index contributed by atoms with van der Waals surface area (Å²) in [6.45, 7) is 4.72. The maximum absolute atomic E-state index is 12.3. The van der Waals surface area contributed by atoms with Crippen LogP contribution < -0.4 is 10.1 Å². The van der Waals surface area contributed by atoms with Gasteiger partial charge in [-0.1, -0.05) is 42.1 Å². The second kappa shape index (κ2) is 9.46. The van der Waals surface area contributed by atoms with Crippen molar-refractivity contribution in [1.29, 1.82) is 0 Å². The van der Waals surface area contributed by atoms with Gasteiger partial charge in [-0.05, 0) is 49.1 Å². The zero-order valence-electron chi connectivity index (χ0n) is 16.4. The van der Waals surface area contributed by atoms with E-state index in [4.69, 9.17) is 4.74 Å². The fourth-order valence-electron chi connectivity index (χ4n) is 2.99. The van der Waals surface area contributed by atoms with Gasteiger partial charge < -0.3 is 10.1 Å². The van der Waals surface area contributed by atoms with Crippen molar-refractivity contribution in [2.75, 3.05) is 19.4 Å². The Hall–Kier alpha value is -2.73. The number of nitrogens with zero attached hydrogens (tertiary/aromatic N) is 2. The molecule has 2 aromatic carbocycles. The molecule has 1 heterocycles. The Morgan fingerprint density at radius 1 is 1.21 bits per heavy atom. The first-order valence-electron chi connectivity index (χ1n) is 9.21. The van der Waals surface area contributed by atoms with Gasteiger partial charge in [-0.2, -0.15) is 0 Å². The molecule has 3 aromatic rings. The van der Waals surface area contributed by atoms with Crippen LogP contribution in [-0.2, 0) is 11.2 Å². The molecule has 1 amide bonds. The lowest BCUT2D eigenvalue weighted by Gasteiger charge is -2.12. The molecule has 6 heteroatoms. The number of aryl methyl sites for hydroxylation is 2. The number of hydrogen-bond acceptors (Lipinski definition) is 4. The molecule has 3 rings (SSSR count). The number of amides is 1. The molecule has 28 heavy (non-hydrogen) atoms. The number of benzene rings is 2. The number of carbonyl (C=O) groups excluding carboxylic acids is 1. The minimum atomic E-state index is -0.00425. The highest BCUT2D eigenvalue weighted by molar-refractivity contribution is 7.99. The van der Waals surface area contributed by atoms with E-state index in [1.165, 1.54) is 22.9 Å². The summed E-state index contributed by atoms with van der Waals surface area (Å²) in [6, 6.07) is 14.2. The van der Waals surface area contributed by atoms with Crippen LogP contribution in [0.15, 0.2) is 60.0 Å². The topological polar surface area (TPSA) is 56.1 Å². The normalized spacial score (nSPS) is 10.7. The summed E-state index contributed by atoms with van der Waals surface area (Å²) in [6.07, 6.45) is 4.44. The lowest BCUT2D eigenvalue weighted by atomic mass is 10.1. The predicted octanol–water partition coefficient (Wildman–Crippen LogP) is 3.95. The maximum Gasteiger partial charge on any atom is 0.230 e. The third-order valence-electron chi connectivity index (χ3n) is 4.47. The average Bonchev–Trinajstić information content (AvgIpc) is 3.17. The Kier molecular flexibility index (Phi) is 6.76. The summed E-state index contributed by atoms with van der Waals surface area (Å²) < 4.78 is 7.38. The smallest absolute Gasteiger partial charge is 0.230 e. The highest BCUT2D eigenvalue weighted by atomic mass is 32.2. The number of rotatable bonds is 8. The summed E-state index contributed by atoms with van der Waals surface area (Å²) in [5.74, 6) is 1.17. The third kappa shape index (κ3) is 4.95. The third-order valence-corrected chi connectivity index (χ3v) is 5.44. The Labute approximate surface area is 170 Å². The highest BCUT2D eigenvalue weighted by Crippen LogP contribution is 2.23. The Morgan fingerprint density at radius 3 is 2.86 bits per heavy atom. The summed E-state index contributed by atoms with van der Waals surface area (Å²) in [4.78, 5) is 16.7. The quantitative estimate of drug-likeness (QED) is 0.587. The molecule has 0 aliphatic heterocycles. The second-order valence-electron chi connectivity index (χ2n) is 6.57. The minimum absolute atomic E-state index is 0.00425. The van der Waals surface area contributed by atoms with Crippen LogP contribution >= 0.6 is 11.8 Å². The number of para-hydroxylation sites is 1. The zero-order valence-corrected chi connectivity index (χ0v) is 17.3. The van der Waals surface area contributed by atoms with E-state index in [9.17, 15) is 4.79 Å². The lowest BCUT2D eigenvalue weighted by molar-refractivity contribution is -0.118. The van der Waals surface area contributed by atoms with Gasteiger partial charge in [0.2, 0.25) is 5.91 Å². The Balaban J connectivity index is 1.54. The molecular formula is C22H25N3O2S. The van der Waals surface area contributed by atoms with Crippen LogP contribution in [0, 0.1) is 13.8 Å². The molecule has 0 bridgehead atoms. The summed E-state index contributed by atoms with van der Waals surface area (Å²) in [5.41, 5.74) is 4.55. The van der Waals surface area contributed by atoms with Crippen molar-refractivity contribution in [3.8, 4) is 11.4 Å². The number of aromatic nitrogens is 2. The first-order chi connectivity index (χ1) is 13.6. The van der Waals surface area contributed by atoms with Crippen molar-refractivity contribution in [1.82, 2.24) is 14.9 Å². The van der Waals surface area contributed by atoms with E-state index >= 15 is 0 Å². The van der Waals surface area contributed by atoms with Gasteiger partial charge in [0.25, 0.3) is 0 Å². The van der Waals surface area contributed by atoms with Crippen LogP contribution in [0.25, 0.3) is 5.69 Å². The fraction of sp³-hybridized carbons (Fsp3) is 0.273. The molecule has 0 atom stereocenters. The molecule has 146 valence electrons. The largest absolute Gasteiger partial charge is 0.496 e. The second-order valence-corrected chi connectivity index (χ2v) is 7.51. The molecule has 1 aromatic heterocycles. The van der Waals surface area contributed by atoms with E-state index in [0.717, 1.165) is 28.6 Å². The number of imidazole rings is 1. The van der Waals surface area contributed by atoms with Gasteiger partial charge in [0, 0.05) is 18.9 Å². The minimum Gasteiger partial charge on any atom is -0.496 e. The SMILES string of the molecule is COc1ccccc1CCNC(=O)CSc1nccn1-c1cc(C)ccc1C. The molecule has 0 aliphatic carbocycles. The van der Waals surface area contributed by atoms with Crippen LogP contribution in [0.1, 0.15) is 16.7 Å². The van der Waals surface area contributed by atoms with Crippen LogP contribution in [0.5, 0.6) is 5.75 Å². The van der Waals surface area contributed by atoms with Crippen molar-refractivity contribution in [2.24, 2.45) is 0 Å². The van der Waals surface area contributed by atoms with E-state index in [-0.39, 0.29) is 5.91 Å². The number of nitrogens with one attached hydrogen (secondary N) is 1. The Morgan fingerprint density at radius 2 is 2.04 bits per heavy atom. The molecule has 5 nitrogen and oxygen atoms in total. The van der Waals surface area contributed by atoms with Gasteiger partial charge in [-0.25, -0.2) is 4.98 Å². The molecule has 0 saturated carbocycles. The van der Waals surface area contributed by atoms with Gasteiger partial charge in [0.05, 0.1) is 18.6 Å². The van der Waals surface area contributed by atoms with Crippen LogP contribution in [0.2, 0.25) is 0 Å². The standard InChI is InChI=1S/C22H25N3O2S/c1-16-8-9-17(2)19(14-16)25-13-12-24-22(25)28-15-21(26)23-11-10-18-6-4-5-7-20(18)27-3/h4-9,12-14H,10-11,15H2,1-3H3,(H,23,26). The van der Waals surface area contributed by atoms with Crippen LogP contribution in [0.3, 0.4) is 0 Å². The van der Waals surface area contributed by atoms with E-state index in [0.29, 0.717) is 12.3 Å². The molecule has 0 spiro atoms. The van der Waals surface area contributed by atoms with Crippen LogP contribution in [0.4, 0.5) is 0 Å². The van der Waals surface area contributed by atoms with Crippen molar-refractivity contribution < 1.29 is 9.53 Å². The molecule has 1 N–H and O–H groups in total. The predicted molar refractivity (Wildman–Crippen MR) is 113 cm³/mol. The van der Waals surface area contributed by atoms with Crippen LogP contribution in [-0.4, -0.2) is 34.9 Å². The number of hydrogen-bond donors (Lipinski definition) is 1. The zero-order chi connectivity index (χ0) is 19.9. The maximum atomic E-state index is 12.3. The van der Waals surface area contributed by atoms with E-state index in [1.807, 2.05) is 35.0 Å². The van der Waals surface area contributed by atoms with Gasteiger partial charge in [-0.15, -0.1) is 0 Å². The number of methoxy groups -OCH3 is 1. The molecule has 0 unspecified atom stereocenters. The van der Waals surface area contributed by atoms with E-state index in [2.05, 4.69) is 42.3 Å². The van der Waals surface area contributed by atoms with E-state index < -0.39 is 0 Å². The van der Waals surface area contributed by atoms with Gasteiger partial charge in [0.15, 0.2) is 5.16 Å². The molecule has 0 fully saturated rings. The van der Waals surface area contributed by atoms with Crippen molar-refractivity contribution >= 4 is 17.7 Å². The Bertz CT molecular complexity index is 952. The van der Waals surface area contributed by atoms with Crippen molar-refractivity contribution in [3.05, 3.63) is 71.5 Å². The van der Waals surface area contributed by atoms with Crippen molar-refractivity contribution in [3.63, 3.8) is 0 Å². The first kappa shape index (κ1) is 20.0. The highest BCUT2D eigenvalue weighted by Gasteiger charge is 2.11. The number of thioether (sulfide) groups is 1. The number of carbonyl (C=O) groups is 1. The monoisotopic (exact) mass is 395 g/mol. The molecule has 0 saturated heterocycles. The summed E-state index contributed by atoms with van der Waals surface area (Å²) >= 11 is 1.44. The fourth-order valence-corrected chi connectivity index (χ4v) is 3.78. The molecule has 0 aliphatic rings. The number of ether oxygens (including phenoxy) is 1. The van der Waals surface area contributed by atoms with Gasteiger partial charge in [-0.3, -0.25) is 9.36 Å². The average molecular weight is 396 g/mol. The first-order valence-corrected chi connectivity index (χ1v) is 10.2. The molecular weight excluding hydrogens is 370 g/mol. The summed E-state index contributed by atoms with van der Waals surface area (Å²) in [7, 11) is 1.66. The van der Waals surface area contributed by atoms with E-state index in [1.54, 1.807) is 13.3 Å². The summed E-state index contributed by atoms with van der Waals surface area (Å²) in [5, 5.41) is 3.79. The van der Waals surface area contributed by atoms with Gasteiger partial charge in [0.1, 0.15) is 5.75 Å². The lowest BCUT2D eigenvalue weighted by Crippen LogP contribution is -2.27. The van der Waals surface area contributed by atoms with Gasteiger partial charge >= 0.3 is 0 Å². The molecule has 0 radical (unpaired) electrons. The van der Waals surface area contributed by atoms with Crippen molar-refractivity contribution in [2.45, 2.75) is 25.4 Å².